The van der Waals surface area contributed by atoms with Crippen LogP contribution < -0.4 is 0 Å². The van der Waals surface area contributed by atoms with Gasteiger partial charge in [-0.3, -0.25) is 0 Å². The Morgan fingerprint density at radius 2 is 1.92 bits per heavy atom. The second kappa shape index (κ2) is 3.41. The number of hydrogen-bond donors (Lipinski definition) is 0. The van der Waals surface area contributed by atoms with Crippen molar-refractivity contribution in [3.05, 3.63) is 42.0 Å². The lowest BCUT2D eigenvalue weighted by Gasteiger charge is -2.14. The Hall–Kier alpha value is -1.28. The molecule has 0 spiro atoms. The quantitative estimate of drug-likeness (QED) is 0.629. The maximum Gasteiger partial charge on any atom is 0.189 e. The van der Waals surface area contributed by atoms with Gasteiger partial charge in [-0.05, 0) is 6.08 Å². The van der Waals surface area contributed by atoms with Gasteiger partial charge in [0.15, 0.2) is 6.79 Å². The highest BCUT2D eigenvalue weighted by atomic mass is 16.7. The molecule has 0 atom stereocenters. The molecule has 0 saturated carbocycles. The normalized spacial score (nSPS) is 16.5. The Morgan fingerprint density at radius 1 is 1.08 bits per heavy atom. The standard InChI is InChI=1S/C10H10O2/c1-2-4-9(5-3-1)10-6-7-11-8-12-10/h1-6H,7-8H2. The third-order valence-corrected chi connectivity index (χ3v) is 1.74. The molecule has 0 amide bonds. The lowest BCUT2D eigenvalue weighted by Crippen LogP contribution is -2.06. The van der Waals surface area contributed by atoms with E-state index in [-0.39, 0.29) is 0 Å². The van der Waals surface area contributed by atoms with Gasteiger partial charge in [-0.15, -0.1) is 0 Å². The minimum atomic E-state index is 0.362. The summed E-state index contributed by atoms with van der Waals surface area (Å²) in [5.41, 5.74) is 1.11. The maximum atomic E-state index is 5.30. The molecule has 62 valence electrons. The Kier molecular flexibility index (Phi) is 2.10. The van der Waals surface area contributed by atoms with Crippen LogP contribution in [0, 0.1) is 0 Å². The van der Waals surface area contributed by atoms with Gasteiger partial charge in [0, 0.05) is 5.56 Å². The molecule has 0 bridgehead atoms. The fourth-order valence-corrected chi connectivity index (χ4v) is 1.15. The smallest absolute Gasteiger partial charge is 0.189 e. The zero-order chi connectivity index (χ0) is 8.23. The van der Waals surface area contributed by atoms with Crippen LogP contribution in [0.15, 0.2) is 36.4 Å². The fraction of sp³-hybridized carbons (Fsp3) is 0.200. The summed E-state index contributed by atoms with van der Waals surface area (Å²) in [6.45, 7) is 1.00. The molecule has 1 aromatic carbocycles. The van der Waals surface area contributed by atoms with Gasteiger partial charge in [0.2, 0.25) is 0 Å². The third-order valence-electron chi connectivity index (χ3n) is 1.74. The molecule has 0 aliphatic carbocycles. The highest BCUT2D eigenvalue weighted by Crippen LogP contribution is 2.17. The van der Waals surface area contributed by atoms with Crippen molar-refractivity contribution in [1.29, 1.82) is 0 Å². The van der Waals surface area contributed by atoms with E-state index in [1.807, 2.05) is 36.4 Å². The summed E-state index contributed by atoms with van der Waals surface area (Å²) in [7, 11) is 0. The van der Waals surface area contributed by atoms with Gasteiger partial charge in [0.05, 0.1) is 6.61 Å². The van der Waals surface area contributed by atoms with Crippen molar-refractivity contribution in [2.75, 3.05) is 13.4 Å². The first-order valence-electron chi connectivity index (χ1n) is 3.93. The average Bonchev–Trinajstić information content (AvgIpc) is 2.21. The van der Waals surface area contributed by atoms with E-state index in [1.54, 1.807) is 0 Å². The monoisotopic (exact) mass is 162 g/mol. The molecule has 1 aromatic rings. The van der Waals surface area contributed by atoms with Crippen LogP contribution >= 0.6 is 0 Å². The van der Waals surface area contributed by atoms with Gasteiger partial charge in [-0.2, -0.15) is 0 Å². The molecule has 1 aliphatic heterocycles. The van der Waals surface area contributed by atoms with E-state index >= 15 is 0 Å². The van der Waals surface area contributed by atoms with E-state index in [1.165, 1.54) is 0 Å². The first-order chi connectivity index (χ1) is 5.97. The largest absolute Gasteiger partial charge is 0.467 e. The number of benzene rings is 1. The van der Waals surface area contributed by atoms with Gasteiger partial charge in [-0.1, -0.05) is 30.3 Å². The second-order valence-electron chi connectivity index (χ2n) is 2.57. The van der Waals surface area contributed by atoms with Gasteiger partial charge in [-0.25, -0.2) is 0 Å². The van der Waals surface area contributed by atoms with Crippen molar-refractivity contribution in [2.24, 2.45) is 0 Å². The van der Waals surface area contributed by atoms with Crippen molar-refractivity contribution < 1.29 is 9.47 Å². The molecule has 0 N–H and O–H groups in total. The van der Waals surface area contributed by atoms with Crippen LogP contribution in [0.2, 0.25) is 0 Å². The maximum absolute atomic E-state index is 5.30. The van der Waals surface area contributed by atoms with Crippen LogP contribution in [-0.2, 0) is 9.47 Å². The minimum absolute atomic E-state index is 0.362. The zero-order valence-electron chi connectivity index (χ0n) is 6.69. The molecule has 0 saturated heterocycles. The van der Waals surface area contributed by atoms with Crippen molar-refractivity contribution >= 4 is 5.76 Å². The van der Waals surface area contributed by atoms with Crippen LogP contribution in [0.5, 0.6) is 0 Å². The highest BCUT2D eigenvalue weighted by Gasteiger charge is 2.05. The Balaban J connectivity index is 2.24. The van der Waals surface area contributed by atoms with E-state index in [2.05, 4.69) is 0 Å². The fourth-order valence-electron chi connectivity index (χ4n) is 1.15. The molecule has 0 aromatic heterocycles. The molecule has 2 heteroatoms. The first-order valence-corrected chi connectivity index (χ1v) is 3.93. The van der Waals surface area contributed by atoms with Gasteiger partial charge >= 0.3 is 0 Å². The molecule has 0 unspecified atom stereocenters. The summed E-state index contributed by atoms with van der Waals surface area (Å²) in [6, 6.07) is 10.0. The van der Waals surface area contributed by atoms with Crippen molar-refractivity contribution in [3.8, 4) is 0 Å². The highest BCUT2D eigenvalue weighted by molar-refractivity contribution is 5.59. The first kappa shape index (κ1) is 7.37. The van der Waals surface area contributed by atoms with Crippen molar-refractivity contribution in [1.82, 2.24) is 0 Å². The second-order valence-corrected chi connectivity index (χ2v) is 2.57. The van der Waals surface area contributed by atoms with Crippen LogP contribution in [-0.4, -0.2) is 13.4 Å². The molecule has 12 heavy (non-hydrogen) atoms. The summed E-state index contributed by atoms with van der Waals surface area (Å²) in [4.78, 5) is 0. The molecule has 2 nitrogen and oxygen atoms in total. The molecule has 1 aliphatic rings. The molecule has 0 fully saturated rings. The van der Waals surface area contributed by atoms with Crippen LogP contribution in [0.4, 0.5) is 0 Å². The Bertz CT molecular complexity index is 277. The lowest BCUT2D eigenvalue weighted by atomic mass is 10.2. The molecule has 2 rings (SSSR count). The third kappa shape index (κ3) is 1.48. The van der Waals surface area contributed by atoms with Crippen LogP contribution in [0.1, 0.15) is 5.56 Å². The topological polar surface area (TPSA) is 18.5 Å². The van der Waals surface area contributed by atoms with E-state index in [0.717, 1.165) is 11.3 Å². The zero-order valence-corrected chi connectivity index (χ0v) is 6.69. The van der Waals surface area contributed by atoms with E-state index in [9.17, 15) is 0 Å². The predicted molar refractivity (Wildman–Crippen MR) is 46.3 cm³/mol. The molecule has 1 heterocycles. The Morgan fingerprint density at radius 3 is 2.58 bits per heavy atom. The minimum Gasteiger partial charge on any atom is -0.467 e. The summed E-state index contributed by atoms with van der Waals surface area (Å²) in [5, 5.41) is 0. The summed E-state index contributed by atoms with van der Waals surface area (Å²) in [6.07, 6.45) is 1.94. The van der Waals surface area contributed by atoms with Gasteiger partial charge < -0.3 is 9.47 Å². The molecular weight excluding hydrogens is 152 g/mol. The van der Waals surface area contributed by atoms with Crippen molar-refractivity contribution in [3.63, 3.8) is 0 Å². The van der Waals surface area contributed by atoms with Crippen LogP contribution in [0.3, 0.4) is 0 Å². The summed E-state index contributed by atoms with van der Waals surface area (Å²) in [5.74, 6) is 0.918. The average molecular weight is 162 g/mol. The summed E-state index contributed by atoms with van der Waals surface area (Å²) < 4.78 is 10.3. The molecule has 0 radical (unpaired) electrons. The van der Waals surface area contributed by atoms with Crippen LogP contribution in [0.25, 0.3) is 5.76 Å². The number of rotatable bonds is 1. The summed E-state index contributed by atoms with van der Waals surface area (Å²) >= 11 is 0. The Labute approximate surface area is 71.4 Å². The van der Waals surface area contributed by atoms with Gasteiger partial charge in [0.1, 0.15) is 5.76 Å². The lowest BCUT2D eigenvalue weighted by molar-refractivity contribution is -0.00187. The van der Waals surface area contributed by atoms with E-state index in [0.29, 0.717) is 13.4 Å². The van der Waals surface area contributed by atoms with E-state index < -0.39 is 0 Å². The number of ether oxygens (including phenoxy) is 2. The molecular formula is C10H10O2. The van der Waals surface area contributed by atoms with E-state index in [4.69, 9.17) is 9.47 Å². The predicted octanol–water partition coefficient (Wildman–Crippen LogP) is 2.03. The van der Waals surface area contributed by atoms with Crippen molar-refractivity contribution in [2.45, 2.75) is 0 Å². The number of hydrogen-bond acceptors (Lipinski definition) is 2. The van der Waals surface area contributed by atoms with Gasteiger partial charge in [0.25, 0.3) is 0 Å². The SMILES string of the molecule is C1=C(c2ccccc2)OCOC1.